The zero-order valence-electron chi connectivity index (χ0n) is 34.4. The number of benzene rings is 10. The predicted octanol–water partition coefficient (Wildman–Crippen LogP) is 16.4. The molecule has 2 heteroatoms. The van der Waals surface area contributed by atoms with Gasteiger partial charge in [-0.2, -0.15) is 0 Å². The van der Waals surface area contributed by atoms with E-state index in [1.807, 2.05) is 6.07 Å². The Kier molecular flexibility index (Phi) is 7.85. The van der Waals surface area contributed by atoms with Crippen molar-refractivity contribution in [2.45, 2.75) is 5.41 Å². The van der Waals surface area contributed by atoms with Gasteiger partial charge in [-0.3, -0.25) is 0 Å². The molecule has 0 fully saturated rings. The third kappa shape index (κ3) is 5.19. The average molecular weight is 802 g/mol. The van der Waals surface area contributed by atoms with E-state index in [1.54, 1.807) is 0 Å². The van der Waals surface area contributed by atoms with Crippen LogP contribution in [-0.4, -0.2) is 0 Å². The van der Waals surface area contributed by atoms with E-state index in [0.29, 0.717) is 0 Å². The van der Waals surface area contributed by atoms with Gasteiger partial charge in [0.2, 0.25) is 0 Å². The summed E-state index contributed by atoms with van der Waals surface area (Å²) in [6, 6.07) is 86.6. The molecule has 13 rings (SSSR count). The van der Waals surface area contributed by atoms with Crippen LogP contribution in [0.15, 0.2) is 241 Å². The van der Waals surface area contributed by atoms with Crippen LogP contribution >= 0.6 is 0 Å². The number of fused-ring (bicyclic) bond motifs is 15. The molecule has 1 heterocycles. The monoisotopic (exact) mass is 801 g/mol. The van der Waals surface area contributed by atoms with Crippen LogP contribution < -0.4 is 4.90 Å². The maximum absolute atomic E-state index is 6.73. The number of rotatable bonds is 5. The van der Waals surface area contributed by atoms with E-state index in [2.05, 4.69) is 235 Å². The minimum Gasteiger partial charge on any atom is -0.454 e. The Bertz CT molecular complexity index is 3510. The molecule has 63 heavy (non-hydrogen) atoms. The average Bonchev–Trinajstić information content (AvgIpc) is 3.86. The Hall–Kier alpha value is -8.20. The molecule has 0 bridgehead atoms. The lowest BCUT2D eigenvalue weighted by molar-refractivity contribution is 0.669. The zero-order valence-corrected chi connectivity index (χ0v) is 34.4. The third-order valence-electron chi connectivity index (χ3n) is 13.5. The fourth-order valence-electron chi connectivity index (χ4n) is 10.9. The Labute approximate surface area is 366 Å². The van der Waals surface area contributed by atoms with Crippen molar-refractivity contribution in [2.24, 2.45) is 0 Å². The summed E-state index contributed by atoms with van der Waals surface area (Å²) in [4.78, 5) is 2.36. The first-order chi connectivity index (χ1) is 31.3. The summed E-state index contributed by atoms with van der Waals surface area (Å²) >= 11 is 0. The van der Waals surface area contributed by atoms with Crippen molar-refractivity contribution in [1.29, 1.82) is 0 Å². The van der Waals surface area contributed by atoms with Crippen LogP contribution in [0.25, 0.3) is 77.6 Å². The molecule has 1 spiro atoms. The van der Waals surface area contributed by atoms with Gasteiger partial charge in [-0.1, -0.05) is 200 Å². The smallest absolute Gasteiger partial charge is 0.159 e. The van der Waals surface area contributed by atoms with Gasteiger partial charge in [0.15, 0.2) is 5.58 Å². The van der Waals surface area contributed by atoms with Crippen molar-refractivity contribution in [2.75, 3.05) is 4.90 Å². The van der Waals surface area contributed by atoms with Gasteiger partial charge in [0.05, 0.1) is 11.1 Å². The van der Waals surface area contributed by atoms with Gasteiger partial charge in [0.1, 0.15) is 5.58 Å². The fraction of sp³-hybridized carbons (Fsp3) is 0.0164. The Morgan fingerprint density at radius 1 is 0.317 bits per heavy atom. The molecular weight excluding hydrogens is 763 g/mol. The first kappa shape index (κ1) is 35.5. The lowest BCUT2D eigenvalue weighted by atomic mass is 9.66. The molecule has 0 atom stereocenters. The minimum absolute atomic E-state index is 0.546. The highest BCUT2D eigenvalue weighted by molar-refractivity contribution is 6.10. The molecular formula is C61H39NO. The van der Waals surface area contributed by atoms with Crippen LogP contribution in [-0.2, 0) is 5.41 Å². The van der Waals surface area contributed by atoms with Crippen LogP contribution in [0.5, 0.6) is 0 Å². The molecule has 0 aliphatic heterocycles. The lowest BCUT2D eigenvalue weighted by Gasteiger charge is -2.35. The highest BCUT2D eigenvalue weighted by atomic mass is 16.3. The highest BCUT2D eigenvalue weighted by Crippen LogP contribution is 2.63. The van der Waals surface area contributed by atoms with Gasteiger partial charge in [0.25, 0.3) is 0 Å². The molecule has 1 aromatic heterocycles. The van der Waals surface area contributed by atoms with Crippen molar-refractivity contribution in [3.8, 4) is 55.6 Å². The molecule has 11 aromatic rings. The molecule has 0 saturated carbocycles. The summed E-state index contributed by atoms with van der Waals surface area (Å²) in [7, 11) is 0. The summed E-state index contributed by atoms with van der Waals surface area (Å²) in [5.74, 6) is 0. The molecule has 2 nitrogen and oxygen atoms in total. The van der Waals surface area contributed by atoms with E-state index in [-0.39, 0.29) is 0 Å². The van der Waals surface area contributed by atoms with E-state index in [1.165, 1.54) is 72.3 Å². The largest absolute Gasteiger partial charge is 0.454 e. The summed E-state index contributed by atoms with van der Waals surface area (Å²) in [6.45, 7) is 0. The van der Waals surface area contributed by atoms with Gasteiger partial charge in [-0.25, -0.2) is 0 Å². The standard InChI is InChI=1S/C61H39NO/c1-2-17-40(18-3-1)41-35-37-43(38-36-41)62(57-33-16-28-51-50-25-9-13-34-58(50)63-60(51)57)44-20-14-19-42(39-44)45-27-15-32-56-59(45)52-26-8-12-31-55(52)61(56)53-29-10-6-23-48(53)46-21-4-5-22-47(46)49-24-7-11-30-54(49)61/h1-39H. The second kappa shape index (κ2) is 13.9. The molecule has 0 unspecified atom stereocenters. The molecule has 10 aromatic carbocycles. The number of anilines is 3. The first-order valence-electron chi connectivity index (χ1n) is 21.8. The van der Waals surface area contributed by atoms with Gasteiger partial charge in [-0.15, -0.1) is 0 Å². The molecule has 2 aliphatic rings. The van der Waals surface area contributed by atoms with Crippen LogP contribution in [0.1, 0.15) is 22.3 Å². The molecule has 0 amide bonds. The molecule has 2 aliphatic carbocycles. The highest BCUT2D eigenvalue weighted by Gasteiger charge is 2.50. The Balaban J connectivity index is 1.04. The van der Waals surface area contributed by atoms with Crippen molar-refractivity contribution in [3.63, 3.8) is 0 Å². The van der Waals surface area contributed by atoms with Crippen LogP contribution in [0.2, 0.25) is 0 Å². The topological polar surface area (TPSA) is 16.4 Å². The van der Waals surface area contributed by atoms with E-state index in [0.717, 1.165) is 44.6 Å². The van der Waals surface area contributed by atoms with Crippen LogP contribution in [0.4, 0.5) is 17.1 Å². The minimum atomic E-state index is -0.546. The Morgan fingerprint density at radius 2 is 0.825 bits per heavy atom. The summed E-state index contributed by atoms with van der Waals surface area (Å²) in [5.41, 5.74) is 21.9. The lowest BCUT2D eigenvalue weighted by Crippen LogP contribution is -2.29. The fourth-order valence-corrected chi connectivity index (χ4v) is 10.9. The number of nitrogens with zero attached hydrogens (tertiary/aromatic N) is 1. The van der Waals surface area contributed by atoms with E-state index in [4.69, 9.17) is 4.42 Å². The van der Waals surface area contributed by atoms with Crippen molar-refractivity contribution < 1.29 is 4.42 Å². The summed E-state index contributed by atoms with van der Waals surface area (Å²) < 4.78 is 6.73. The van der Waals surface area contributed by atoms with Crippen molar-refractivity contribution in [1.82, 2.24) is 0 Å². The van der Waals surface area contributed by atoms with E-state index in [9.17, 15) is 0 Å². The van der Waals surface area contributed by atoms with Gasteiger partial charge in [0, 0.05) is 22.1 Å². The van der Waals surface area contributed by atoms with E-state index >= 15 is 0 Å². The molecule has 0 radical (unpaired) electrons. The molecule has 0 saturated heterocycles. The number of para-hydroxylation sites is 2. The normalized spacial score (nSPS) is 12.9. The first-order valence-corrected chi connectivity index (χ1v) is 21.8. The number of furan rings is 1. The summed E-state index contributed by atoms with van der Waals surface area (Å²) in [5, 5.41) is 2.21. The van der Waals surface area contributed by atoms with Gasteiger partial charge in [-0.05, 0) is 114 Å². The van der Waals surface area contributed by atoms with Gasteiger partial charge >= 0.3 is 0 Å². The van der Waals surface area contributed by atoms with Crippen molar-refractivity contribution >= 4 is 39.0 Å². The maximum Gasteiger partial charge on any atom is 0.159 e. The van der Waals surface area contributed by atoms with Crippen molar-refractivity contribution in [3.05, 3.63) is 259 Å². The summed E-state index contributed by atoms with van der Waals surface area (Å²) in [6.07, 6.45) is 0. The number of hydrogen-bond acceptors (Lipinski definition) is 2. The van der Waals surface area contributed by atoms with Crippen LogP contribution in [0, 0.1) is 0 Å². The van der Waals surface area contributed by atoms with E-state index < -0.39 is 5.41 Å². The second-order valence-corrected chi connectivity index (χ2v) is 16.7. The van der Waals surface area contributed by atoms with Gasteiger partial charge < -0.3 is 9.32 Å². The predicted molar refractivity (Wildman–Crippen MR) is 261 cm³/mol. The Morgan fingerprint density at radius 3 is 1.56 bits per heavy atom. The number of hydrogen-bond donors (Lipinski definition) is 0. The quantitative estimate of drug-likeness (QED) is 0.172. The maximum atomic E-state index is 6.73. The zero-order chi connectivity index (χ0) is 41.5. The second-order valence-electron chi connectivity index (χ2n) is 16.7. The molecule has 0 N–H and O–H groups in total. The SMILES string of the molecule is c1ccc(-c2ccc(N(c3cccc(-c4cccc5c4-c4ccccc4C54c5ccccc5-c5ccccc5-c5ccccc54)c3)c3cccc4c3oc3ccccc34)cc2)cc1. The third-order valence-corrected chi connectivity index (χ3v) is 13.5. The van der Waals surface area contributed by atoms with Crippen LogP contribution in [0.3, 0.4) is 0 Å². The molecule has 294 valence electrons.